The molecule has 1 heterocycles. The van der Waals surface area contributed by atoms with Crippen LogP contribution in [0.2, 0.25) is 0 Å². The maximum Gasteiger partial charge on any atom is 0.143 e. The SMILES string of the molecule is COc1cc(Br)cc(C)c1NC(C)c1nccnc1C. The van der Waals surface area contributed by atoms with Crippen molar-refractivity contribution in [2.45, 2.75) is 26.8 Å². The molecule has 1 unspecified atom stereocenters. The molecule has 0 aliphatic carbocycles. The molecule has 2 rings (SSSR count). The zero-order chi connectivity index (χ0) is 14.7. The monoisotopic (exact) mass is 335 g/mol. The number of nitrogens with one attached hydrogen (secondary N) is 1. The lowest BCUT2D eigenvalue weighted by atomic mass is 10.1. The Balaban J connectivity index is 2.33. The van der Waals surface area contributed by atoms with Gasteiger partial charge in [-0.05, 0) is 38.5 Å². The van der Waals surface area contributed by atoms with Crippen molar-refractivity contribution in [3.05, 3.63) is 46.0 Å². The molecule has 0 spiro atoms. The van der Waals surface area contributed by atoms with Gasteiger partial charge in [0.1, 0.15) is 5.75 Å². The number of anilines is 1. The number of hydrogen-bond acceptors (Lipinski definition) is 4. The Kier molecular flexibility index (Phi) is 4.60. The van der Waals surface area contributed by atoms with Gasteiger partial charge in [-0.3, -0.25) is 9.97 Å². The first-order chi connectivity index (χ1) is 9.52. The van der Waals surface area contributed by atoms with E-state index in [1.54, 1.807) is 19.5 Å². The van der Waals surface area contributed by atoms with Crippen molar-refractivity contribution in [2.75, 3.05) is 12.4 Å². The zero-order valence-electron chi connectivity index (χ0n) is 12.1. The Hall–Kier alpha value is -1.62. The van der Waals surface area contributed by atoms with Gasteiger partial charge in [-0.2, -0.15) is 0 Å². The minimum Gasteiger partial charge on any atom is -0.495 e. The van der Waals surface area contributed by atoms with Crippen LogP contribution in [0.15, 0.2) is 29.0 Å². The fraction of sp³-hybridized carbons (Fsp3) is 0.333. The van der Waals surface area contributed by atoms with Crippen molar-refractivity contribution >= 4 is 21.6 Å². The molecule has 0 aliphatic rings. The van der Waals surface area contributed by atoms with E-state index in [4.69, 9.17) is 4.74 Å². The molecule has 2 aromatic rings. The highest BCUT2D eigenvalue weighted by Gasteiger charge is 2.15. The van der Waals surface area contributed by atoms with Gasteiger partial charge in [0, 0.05) is 16.9 Å². The predicted octanol–water partition coefficient (Wildman–Crippen LogP) is 4.04. The van der Waals surface area contributed by atoms with Crippen LogP contribution in [0.4, 0.5) is 5.69 Å². The van der Waals surface area contributed by atoms with Gasteiger partial charge < -0.3 is 10.1 Å². The molecule has 4 nitrogen and oxygen atoms in total. The largest absolute Gasteiger partial charge is 0.495 e. The first-order valence-corrected chi connectivity index (χ1v) is 7.20. The summed E-state index contributed by atoms with van der Waals surface area (Å²) in [6.07, 6.45) is 3.42. The third kappa shape index (κ3) is 3.10. The van der Waals surface area contributed by atoms with Crippen LogP contribution in [0.5, 0.6) is 5.75 Å². The summed E-state index contributed by atoms with van der Waals surface area (Å²) >= 11 is 3.48. The second-order valence-corrected chi connectivity index (χ2v) is 5.61. The number of aromatic nitrogens is 2. The van der Waals surface area contributed by atoms with Crippen molar-refractivity contribution in [1.82, 2.24) is 9.97 Å². The summed E-state index contributed by atoms with van der Waals surface area (Å²) in [6.45, 7) is 6.08. The molecule has 0 radical (unpaired) electrons. The summed E-state index contributed by atoms with van der Waals surface area (Å²) in [5.74, 6) is 0.810. The van der Waals surface area contributed by atoms with Crippen LogP contribution in [0.1, 0.15) is 29.9 Å². The Labute approximate surface area is 127 Å². The van der Waals surface area contributed by atoms with Crippen LogP contribution < -0.4 is 10.1 Å². The van der Waals surface area contributed by atoms with Gasteiger partial charge in [0.25, 0.3) is 0 Å². The highest BCUT2D eigenvalue weighted by Crippen LogP contribution is 2.34. The minimum atomic E-state index is 0.0532. The fourth-order valence-electron chi connectivity index (χ4n) is 2.19. The summed E-state index contributed by atoms with van der Waals surface area (Å²) in [7, 11) is 1.67. The molecule has 0 saturated heterocycles. The molecule has 0 aliphatic heterocycles. The van der Waals surface area contributed by atoms with Crippen LogP contribution in [0.25, 0.3) is 0 Å². The summed E-state index contributed by atoms with van der Waals surface area (Å²) in [5, 5.41) is 3.47. The van der Waals surface area contributed by atoms with E-state index in [-0.39, 0.29) is 6.04 Å². The van der Waals surface area contributed by atoms with Gasteiger partial charge in [0.2, 0.25) is 0 Å². The maximum absolute atomic E-state index is 5.45. The van der Waals surface area contributed by atoms with Gasteiger partial charge in [0.15, 0.2) is 0 Å². The van der Waals surface area contributed by atoms with Crippen LogP contribution >= 0.6 is 15.9 Å². The Morgan fingerprint density at radius 3 is 2.55 bits per heavy atom. The molecular weight excluding hydrogens is 318 g/mol. The van der Waals surface area contributed by atoms with E-state index >= 15 is 0 Å². The molecule has 20 heavy (non-hydrogen) atoms. The highest BCUT2D eigenvalue weighted by atomic mass is 79.9. The molecule has 106 valence electrons. The normalized spacial score (nSPS) is 12.1. The molecular formula is C15H18BrN3O. The van der Waals surface area contributed by atoms with Crippen molar-refractivity contribution < 1.29 is 4.74 Å². The average Bonchev–Trinajstić information content (AvgIpc) is 2.41. The van der Waals surface area contributed by atoms with Gasteiger partial charge in [-0.25, -0.2) is 0 Å². The van der Waals surface area contributed by atoms with Gasteiger partial charge in [-0.15, -0.1) is 0 Å². The van der Waals surface area contributed by atoms with Crippen LogP contribution in [0, 0.1) is 13.8 Å². The molecule has 0 saturated carbocycles. The van der Waals surface area contributed by atoms with Crippen LogP contribution in [-0.4, -0.2) is 17.1 Å². The summed E-state index contributed by atoms with van der Waals surface area (Å²) < 4.78 is 6.45. The molecule has 0 amide bonds. The van der Waals surface area contributed by atoms with E-state index in [1.165, 1.54) is 0 Å². The summed E-state index contributed by atoms with van der Waals surface area (Å²) in [5.41, 5.74) is 3.97. The molecule has 5 heteroatoms. The van der Waals surface area contributed by atoms with Crippen LogP contribution in [0.3, 0.4) is 0 Å². The lowest BCUT2D eigenvalue weighted by Gasteiger charge is -2.20. The van der Waals surface area contributed by atoms with Gasteiger partial charge >= 0.3 is 0 Å². The lowest BCUT2D eigenvalue weighted by Crippen LogP contribution is -2.12. The first kappa shape index (κ1) is 14.8. The standard InChI is InChI=1S/C15H18BrN3O/c1-9-7-12(16)8-13(20-4)14(9)19-11(3)15-10(2)17-5-6-18-15/h5-8,11,19H,1-4H3. The minimum absolute atomic E-state index is 0.0532. The van der Waals surface area contributed by atoms with Crippen LogP contribution in [-0.2, 0) is 0 Å². The molecule has 1 aromatic heterocycles. The zero-order valence-corrected chi connectivity index (χ0v) is 13.7. The van der Waals surface area contributed by atoms with E-state index in [2.05, 4.69) is 44.2 Å². The number of ether oxygens (including phenoxy) is 1. The Morgan fingerprint density at radius 1 is 1.20 bits per heavy atom. The van der Waals surface area contributed by atoms with E-state index in [1.807, 2.05) is 19.9 Å². The smallest absolute Gasteiger partial charge is 0.143 e. The molecule has 1 aromatic carbocycles. The average molecular weight is 336 g/mol. The van der Waals surface area contributed by atoms with Gasteiger partial charge in [0.05, 0.1) is 30.2 Å². The quantitative estimate of drug-likeness (QED) is 0.915. The topological polar surface area (TPSA) is 47.0 Å². The van der Waals surface area contributed by atoms with E-state index < -0.39 is 0 Å². The summed E-state index contributed by atoms with van der Waals surface area (Å²) in [6, 6.07) is 4.06. The Bertz CT molecular complexity index is 616. The highest BCUT2D eigenvalue weighted by molar-refractivity contribution is 9.10. The molecule has 1 N–H and O–H groups in total. The number of nitrogens with zero attached hydrogens (tertiary/aromatic N) is 2. The van der Waals surface area contributed by atoms with Crippen molar-refractivity contribution in [1.29, 1.82) is 0 Å². The fourth-order valence-corrected chi connectivity index (χ4v) is 2.74. The molecule has 0 fully saturated rings. The van der Waals surface area contributed by atoms with Crippen molar-refractivity contribution in [3.63, 3.8) is 0 Å². The number of rotatable bonds is 4. The van der Waals surface area contributed by atoms with E-state index in [9.17, 15) is 0 Å². The summed E-state index contributed by atoms with van der Waals surface area (Å²) in [4.78, 5) is 8.68. The maximum atomic E-state index is 5.45. The van der Waals surface area contributed by atoms with Gasteiger partial charge in [-0.1, -0.05) is 15.9 Å². The second-order valence-electron chi connectivity index (χ2n) is 4.69. The molecule has 0 bridgehead atoms. The second kappa shape index (κ2) is 6.22. The number of benzene rings is 1. The first-order valence-electron chi connectivity index (χ1n) is 6.41. The van der Waals surface area contributed by atoms with E-state index in [0.717, 1.165) is 32.9 Å². The predicted molar refractivity (Wildman–Crippen MR) is 84.2 cm³/mol. The Morgan fingerprint density at radius 2 is 1.90 bits per heavy atom. The number of aryl methyl sites for hydroxylation is 2. The number of hydrogen-bond donors (Lipinski definition) is 1. The number of halogens is 1. The lowest BCUT2D eigenvalue weighted by molar-refractivity contribution is 0.415. The van der Waals surface area contributed by atoms with Crippen molar-refractivity contribution in [3.8, 4) is 5.75 Å². The van der Waals surface area contributed by atoms with Crippen molar-refractivity contribution in [2.24, 2.45) is 0 Å². The third-order valence-electron chi connectivity index (χ3n) is 3.17. The molecule has 1 atom stereocenters. The third-order valence-corrected chi connectivity index (χ3v) is 3.63. The number of methoxy groups -OCH3 is 1. The van der Waals surface area contributed by atoms with E-state index in [0.29, 0.717) is 0 Å².